The molecule has 0 aliphatic carbocycles. The van der Waals surface area contributed by atoms with Crippen LogP contribution < -0.4 is 15.1 Å². The number of halogens is 3. The van der Waals surface area contributed by atoms with Gasteiger partial charge in [0.25, 0.3) is 0 Å². The lowest BCUT2D eigenvalue weighted by molar-refractivity contribution is -0.0476. The summed E-state index contributed by atoms with van der Waals surface area (Å²) in [5.74, 6) is 0. The molecule has 13 heteroatoms. The summed E-state index contributed by atoms with van der Waals surface area (Å²) >= 11 is 0. The Labute approximate surface area is 226 Å². The topological polar surface area (TPSA) is 106 Å². The average Bonchev–Trinajstić information content (AvgIpc) is 3.27. The van der Waals surface area contributed by atoms with Crippen LogP contribution in [0.1, 0.15) is 38.3 Å². The summed E-state index contributed by atoms with van der Waals surface area (Å²) in [7, 11) is -5.94. The summed E-state index contributed by atoms with van der Waals surface area (Å²) in [6, 6.07) is 14.1. The van der Waals surface area contributed by atoms with Crippen LogP contribution in [0, 0.1) is 6.92 Å². The lowest BCUT2D eigenvalue weighted by Crippen LogP contribution is -2.42. The Kier molecular flexibility index (Phi) is 10.4. The Bertz CT molecular complexity index is 1330. The van der Waals surface area contributed by atoms with E-state index >= 15 is 0 Å². The summed E-state index contributed by atoms with van der Waals surface area (Å²) < 4.78 is 67.2. The van der Waals surface area contributed by atoms with E-state index in [1.54, 1.807) is 6.33 Å². The molecular weight excluding hydrogens is 535 g/mol. The van der Waals surface area contributed by atoms with E-state index in [1.165, 1.54) is 18.2 Å². The Hall–Kier alpha value is -3.58. The van der Waals surface area contributed by atoms with Crippen LogP contribution in [0.2, 0.25) is 0 Å². The second-order valence-electron chi connectivity index (χ2n) is 8.71. The Balaban J connectivity index is 1.73. The molecule has 39 heavy (non-hydrogen) atoms. The number of hydrogen-bond acceptors (Lipinski definition) is 5. The number of para-hydroxylation sites is 2. The van der Waals surface area contributed by atoms with Crippen LogP contribution in [0.4, 0.5) is 29.3 Å². The number of anilines is 2. The first-order valence-electron chi connectivity index (χ1n) is 12.5. The predicted octanol–water partition coefficient (Wildman–Crippen LogP) is 5.85. The molecule has 0 radical (unpaired) electrons. The standard InChI is InChI=1S/C26H32F3N5O4S/c1-3-4-10-16-30-25(35)32-22-14-8-9-15-23(22)34(39(36,37)26(27,28)29)38-18-11-17-33-19-31-24(20(33)2)21-12-6-5-7-13-21/h5-9,12-15,19H,3-4,10-11,16-18H2,1-2H3,(H2,30,32,35). The van der Waals surface area contributed by atoms with Gasteiger partial charge in [0.1, 0.15) is 5.69 Å². The van der Waals surface area contributed by atoms with E-state index in [0.717, 1.165) is 42.3 Å². The number of aryl methyl sites for hydroxylation is 1. The van der Waals surface area contributed by atoms with E-state index in [0.29, 0.717) is 13.1 Å². The van der Waals surface area contributed by atoms with Gasteiger partial charge in [0.2, 0.25) is 0 Å². The number of carbonyl (C=O) groups is 1. The number of rotatable bonds is 13. The zero-order valence-electron chi connectivity index (χ0n) is 21.7. The molecule has 0 unspecified atom stereocenters. The number of carbonyl (C=O) groups excluding carboxylic acids is 1. The smallest absolute Gasteiger partial charge is 0.338 e. The number of nitrogens with one attached hydrogen (secondary N) is 2. The molecule has 0 saturated heterocycles. The molecule has 1 heterocycles. The van der Waals surface area contributed by atoms with Gasteiger partial charge in [-0.15, -0.1) is 4.47 Å². The molecule has 2 amide bonds. The third kappa shape index (κ3) is 7.73. The van der Waals surface area contributed by atoms with Crippen LogP contribution in [0.25, 0.3) is 11.3 Å². The highest BCUT2D eigenvalue weighted by atomic mass is 32.2. The fourth-order valence-electron chi connectivity index (χ4n) is 3.78. The van der Waals surface area contributed by atoms with Crippen molar-refractivity contribution in [1.82, 2.24) is 14.9 Å². The molecular formula is C26H32F3N5O4S. The summed E-state index contributed by atoms with van der Waals surface area (Å²) in [5, 5.41) is 5.02. The number of aromatic nitrogens is 2. The maximum atomic E-state index is 13.6. The average molecular weight is 568 g/mol. The van der Waals surface area contributed by atoms with E-state index in [2.05, 4.69) is 15.6 Å². The van der Waals surface area contributed by atoms with Crippen LogP contribution in [0.15, 0.2) is 60.9 Å². The fourth-order valence-corrected chi connectivity index (χ4v) is 4.59. The highest BCUT2D eigenvalue weighted by molar-refractivity contribution is 7.93. The van der Waals surface area contributed by atoms with Crippen molar-refractivity contribution in [3.8, 4) is 11.3 Å². The summed E-state index contributed by atoms with van der Waals surface area (Å²) in [5.41, 5.74) is -3.72. The zero-order chi connectivity index (χ0) is 28.5. The van der Waals surface area contributed by atoms with E-state index in [1.807, 2.05) is 48.7 Å². The minimum atomic E-state index is -5.94. The molecule has 2 aromatic carbocycles. The van der Waals surface area contributed by atoms with Gasteiger partial charge in [-0.2, -0.15) is 21.6 Å². The number of alkyl halides is 3. The molecule has 0 aliphatic heterocycles. The number of amides is 2. The van der Waals surface area contributed by atoms with Crippen LogP contribution in [-0.4, -0.2) is 42.7 Å². The minimum Gasteiger partial charge on any atom is -0.338 e. The number of urea groups is 1. The first-order valence-corrected chi connectivity index (χ1v) is 14.0. The molecule has 9 nitrogen and oxygen atoms in total. The van der Waals surface area contributed by atoms with Gasteiger partial charge in [0, 0.05) is 24.3 Å². The number of nitrogens with zero attached hydrogens (tertiary/aromatic N) is 3. The molecule has 3 aromatic rings. The van der Waals surface area contributed by atoms with Gasteiger partial charge in [-0.1, -0.05) is 62.2 Å². The van der Waals surface area contributed by atoms with Crippen LogP contribution in [0.5, 0.6) is 0 Å². The predicted molar refractivity (Wildman–Crippen MR) is 143 cm³/mol. The lowest BCUT2D eigenvalue weighted by atomic mass is 10.1. The summed E-state index contributed by atoms with van der Waals surface area (Å²) in [6.07, 6.45) is 4.37. The fraction of sp³-hybridized carbons (Fsp3) is 0.385. The van der Waals surface area contributed by atoms with Crippen molar-refractivity contribution in [3.05, 3.63) is 66.6 Å². The van der Waals surface area contributed by atoms with Crippen molar-refractivity contribution >= 4 is 27.4 Å². The van der Waals surface area contributed by atoms with Gasteiger partial charge in [0.15, 0.2) is 0 Å². The Morgan fingerprint density at radius 2 is 1.74 bits per heavy atom. The van der Waals surface area contributed by atoms with Crippen molar-refractivity contribution < 1.29 is 31.2 Å². The highest BCUT2D eigenvalue weighted by Gasteiger charge is 2.52. The molecule has 0 spiro atoms. The van der Waals surface area contributed by atoms with Crippen molar-refractivity contribution in [2.45, 2.75) is 51.6 Å². The van der Waals surface area contributed by atoms with E-state index in [9.17, 15) is 26.4 Å². The second-order valence-corrected chi connectivity index (χ2v) is 10.5. The third-order valence-corrected chi connectivity index (χ3v) is 7.15. The van der Waals surface area contributed by atoms with Gasteiger partial charge in [-0.3, -0.25) is 4.84 Å². The second kappa shape index (κ2) is 13.5. The normalized spacial score (nSPS) is 11.8. The largest absolute Gasteiger partial charge is 0.518 e. The quantitative estimate of drug-likeness (QED) is 0.199. The summed E-state index contributed by atoms with van der Waals surface area (Å²) in [4.78, 5) is 21.9. The van der Waals surface area contributed by atoms with Gasteiger partial charge < -0.3 is 15.2 Å². The van der Waals surface area contributed by atoms with Gasteiger partial charge in [-0.25, -0.2) is 9.78 Å². The first kappa shape index (κ1) is 30.0. The van der Waals surface area contributed by atoms with E-state index in [4.69, 9.17) is 4.84 Å². The Morgan fingerprint density at radius 1 is 1.05 bits per heavy atom. The number of sulfonamides is 1. The zero-order valence-corrected chi connectivity index (χ0v) is 22.6. The number of benzene rings is 2. The van der Waals surface area contributed by atoms with Crippen molar-refractivity contribution in [2.75, 3.05) is 22.9 Å². The minimum absolute atomic E-state index is 0.156. The van der Waals surface area contributed by atoms with Crippen LogP contribution in [0.3, 0.4) is 0 Å². The number of imidazole rings is 1. The van der Waals surface area contributed by atoms with Crippen LogP contribution >= 0.6 is 0 Å². The molecule has 0 fully saturated rings. The highest BCUT2D eigenvalue weighted by Crippen LogP contribution is 2.35. The third-order valence-electron chi connectivity index (χ3n) is 5.82. The van der Waals surface area contributed by atoms with E-state index in [-0.39, 0.29) is 23.2 Å². The molecule has 1 aromatic heterocycles. The van der Waals surface area contributed by atoms with Gasteiger partial charge in [0.05, 0.1) is 24.3 Å². The maximum Gasteiger partial charge on any atom is 0.518 e. The van der Waals surface area contributed by atoms with Gasteiger partial charge >= 0.3 is 21.6 Å². The molecule has 2 N–H and O–H groups in total. The molecule has 0 aliphatic rings. The molecule has 0 saturated carbocycles. The molecule has 0 bridgehead atoms. The SMILES string of the molecule is CCCCCNC(=O)Nc1ccccc1N(OCCCn1cnc(-c2ccccc2)c1C)S(=O)(=O)C(F)(F)F. The van der Waals surface area contributed by atoms with Crippen molar-refractivity contribution in [1.29, 1.82) is 0 Å². The van der Waals surface area contributed by atoms with Crippen LogP contribution in [-0.2, 0) is 21.4 Å². The lowest BCUT2D eigenvalue weighted by Gasteiger charge is -2.26. The first-order chi connectivity index (χ1) is 18.6. The molecule has 0 atom stereocenters. The molecule has 3 rings (SSSR count). The summed E-state index contributed by atoms with van der Waals surface area (Å²) in [6.45, 7) is 4.20. The maximum absolute atomic E-state index is 13.6. The van der Waals surface area contributed by atoms with Crippen molar-refractivity contribution in [2.24, 2.45) is 0 Å². The number of hydrogen-bond donors (Lipinski definition) is 2. The molecule has 212 valence electrons. The van der Waals surface area contributed by atoms with E-state index < -0.39 is 27.3 Å². The number of unbranched alkanes of at least 4 members (excludes halogenated alkanes) is 2. The Morgan fingerprint density at radius 3 is 2.44 bits per heavy atom. The van der Waals surface area contributed by atoms with Gasteiger partial charge in [-0.05, 0) is 31.9 Å². The van der Waals surface area contributed by atoms with Crippen molar-refractivity contribution in [3.63, 3.8) is 0 Å². The monoisotopic (exact) mass is 567 g/mol.